The lowest BCUT2D eigenvalue weighted by Gasteiger charge is -2.31. The number of rotatable bonds is 6. The van der Waals surface area contributed by atoms with E-state index in [0.29, 0.717) is 24.4 Å². The summed E-state index contributed by atoms with van der Waals surface area (Å²) in [5, 5.41) is 13.6. The molecule has 34 heavy (non-hydrogen) atoms. The van der Waals surface area contributed by atoms with E-state index in [1.165, 1.54) is 16.3 Å². The van der Waals surface area contributed by atoms with Crippen molar-refractivity contribution in [2.45, 2.75) is 31.8 Å². The van der Waals surface area contributed by atoms with Gasteiger partial charge in [0.1, 0.15) is 11.9 Å². The maximum atomic E-state index is 13.5. The van der Waals surface area contributed by atoms with Gasteiger partial charge in [-0.15, -0.1) is 0 Å². The Kier molecular flexibility index (Phi) is 6.24. The molecule has 1 unspecified atom stereocenters. The van der Waals surface area contributed by atoms with Gasteiger partial charge in [0.05, 0.1) is 0 Å². The third-order valence-corrected chi connectivity index (χ3v) is 7.42. The van der Waals surface area contributed by atoms with Crippen molar-refractivity contribution in [3.8, 4) is 0 Å². The highest BCUT2D eigenvalue weighted by molar-refractivity contribution is 5.97. The first-order valence-electron chi connectivity index (χ1n) is 12.2. The highest BCUT2D eigenvalue weighted by Crippen LogP contribution is 2.35. The van der Waals surface area contributed by atoms with Crippen LogP contribution in [-0.4, -0.2) is 49.4 Å². The predicted molar refractivity (Wildman–Crippen MR) is 138 cm³/mol. The van der Waals surface area contributed by atoms with E-state index in [1.54, 1.807) is 0 Å². The maximum absolute atomic E-state index is 13.5. The van der Waals surface area contributed by atoms with Crippen molar-refractivity contribution >= 4 is 28.2 Å². The molecular weight excluding hydrogens is 422 g/mol. The van der Waals surface area contributed by atoms with E-state index in [4.69, 9.17) is 11.1 Å². The van der Waals surface area contributed by atoms with Crippen molar-refractivity contribution in [3.63, 3.8) is 0 Å². The number of amidine groups is 1. The van der Waals surface area contributed by atoms with Crippen LogP contribution in [-0.2, 0) is 17.8 Å². The Morgan fingerprint density at radius 2 is 1.85 bits per heavy atom. The minimum absolute atomic E-state index is 0.0445. The van der Waals surface area contributed by atoms with Gasteiger partial charge in [-0.05, 0) is 66.9 Å². The fourth-order valence-electron chi connectivity index (χ4n) is 5.33. The van der Waals surface area contributed by atoms with Crippen molar-refractivity contribution in [2.24, 2.45) is 11.7 Å². The maximum Gasteiger partial charge on any atom is 0.243 e. The van der Waals surface area contributed by atoms with E-state index in [0.717, 1.165) is 43.7 Å². The number of hydrogen-bond acceptors (Lipinski definition) is 4. The number of benzene rings is 3. The number of fused-ring (bicyclic) bond motifs is 2. The smallest absolute Gasteiger partial charge is 0.243 e. The highest BCUT2D eigenvalue weighted by atomic mass is 16.2. The molecule has 2 heterocycles. The summed E-state index contributed by atoms with van der Waals surface area (Å²) >= 11 is 0. The zero-order valence-electron chi connectivity index (χ0n) is 19.8. The Labute approximate surface area is 201 Å². The number of likely N-dealkylation sites (tertiary alicyclic amines) is 1. The monoisotopic (exact) mass is 455 g/mol. The predicted octanol–water partition coefficient (Wildman–Crippen LogP) is 3.51. The van der Waals surface area contributed by atoms with Crippen molar-refractivity contribution in [3.05, 3.63) is 77.4 Å². The standard InChI is InChI=1S/C28H33N5O/c1-32-13-11-19(12-14-32)17-31-28(34)26-15-21-9-10-22(27(29)30)16-25(21)33(26)18-23-7-4-6-20-5-2-3-8-24(20)23/h2-10,16,19,26H,11-15,17-18H2,1H3,(H3,29,30)(H,31,34). The van der Waals surface area contributed by atoms with E-state index >= 15 is 0 Å². The SMILES string of the molecule is CN1CCC(CNC(=O)C2Cc3ccc(C(=N)N)cc3N2Cc2cccc3ccccc23)CC1. The van der Waals surface area contributed by atoms with Crippen molar-refractivity contribution in [2.75, 3.05) is 31.6 Å². The molecule has 2 aliphatic rings. The van der Waals surface area contributed by atoms with E-state index in [9.17, 15) is 4.79 Å². The van der Waals surface area contributed by atoms with Gasteiger partial charge in [-0.3, -0.25) is 10.2 Å². The lowest BCUT2D eigenvalue weighted by Crippen LogP contribution is -2.47. The Balaban J connectivity index is 1.42. The molecule has 0 saturated carbocycles. The zero-order chi connectivity index (χ0) is 23.7. The first-order valence-corrected chi connectivity index (χ1v) is 12.2. The van der Waals surface area contributed by atoms with Gasteiger partial charge in [0.15, 0.2) is 0 Å². The quantitative estimate of drug-likeness (QED) is 0.392. The van der Waals surface area contributed by atoms with Crippen LogP contribution in [0.15, 0.2) is 60.7 Å². The van der Waals surface area contributed by atoms with E-state index in [2.05, 4.69) is 64.6 Å². The largest absolute Gasteiger partial charge is 0.384 e. The molecule has 3 aromatic carbocycles. The molecular formula is C28H33N5O. The molecule has 1 fully saturated rings. The molecule has 2 aliphatic heterocycles. The number of nitrogens with two attached hydrogens (primary N) is 1. The van der Waals surface area contributed by atoms with Crippen LogP contribution >= 0.6 is 0 Å². The molecule has 6 nitrogen and oxygen atoms in total. The Hall–Kier alpha value is -3.38. The molecule has 0 aliphatic carbocycles. The summed E-state index contributed by atoms with van der Waals surface area (Å²) in [4.78, 5) is 18.0. The molecule has 176 valence electrons. The van der Waals surface area contributed by atoms with Gasteiger partial charge >= 0.3 is 0 Å². The molecule has 0 radical (unpaired) electrons. The second kappa shape index (κ2) is 9.47. The zero-order valence-corrected chi connectivity index (χ0v) is 19.8. The average Bonchev–Trinajstić information content (AvgIpc) is 3.21. The first kappa shape index (κ1) is 22.4. The summed E-state index contributed by atoms with van der Waals surface area (Å²) in [6, 6.07) is 20.3. The van der Waals surface area contributed by atoms with Crippen molar-refractivity contribution < 1.29 is 4.79 Å². The highest BCUT2D eigenvalue weighted by Gasteiger charge is 2.35. The van der Waals surface area contributed by atoms with Gasteiger partial charge < -0.3 is 20.9 Å². The number of hydrogen-bond donors (Lipinski definition) is 3. The van der Waals surface area contributed by atoms with Crippen molar-refractivity contribution in [1.29, 1.82) is 5.41 Å². The second-order valence-corrected chi connectivity index (χ2v) is 9.74. The van der Waals surface area contributed by atoms with Gasteiger partial charge in [-0.1, -0.05) is 54.6 Å². The lowest BCUT2D eigenvalue weighted by molar-refractivity contribution is -0.122. The molecule has 0 bridgehead atoms. The number of nitrogens with zero attached hydrogens (tertiary/aromatic N) is 2. The Morgan fingerprint density at radius 1 is 1.09 bits per heavy atom. The molecule has 1 amide bonds. The van der Waals surface area contributed by atoms with Crippen LogP contribution in [0.5, 0.6) is 0 Å². The number of amides is 1. The van der Waals surface area contributed by atoms with Gasteiger partial charge in [0.2, 0.25) is 5.91 Å². The number of nitrogens with one attached hydrogen (secondary N) is 2. The number of carbonyl (C=O) groups excluding carboxylic acids is 1. The van der Waals surface area contributed by atoms with Gasteiger partial charge in [-0.25, -0.2) is 0 Å². The fraction of sp³-hybridized carbons (Fsp3) is 0.357. The summed E-state index contributed by atoms with van der Waals surface area (Å²) in [5.41, 5.74) is 9.80. The molecule has 1 saturated heterocycles. The van der Waals surface area contributed by atoms with Crippen LogP contribution in [0.2, 0.25) is 0 Å². The summed E-state index contributed by atoms with van der Waals surface area (Å²) < 4.78 is 0. The third-order valence-electron chi connectivity index (χ3n) is 7.42. The first-order chi connectivity index (χ1) is 16.5. The summed E-state index contributed by atoms with van der Waals surface area (Å²) in [5.74, 6) is 0.669. The number of piperidine rings is 1. The molecule has 5 rings (SSSR count). The van der Waals surface area contributed by atoms with Crippen LogP contribution in [0.25, 0.3) is 10.8 Å². The summed E-state index contributed by atoms with van der Waals surface area (Å²) in [6.45, 7) is 3.55. The number of carbonyl (C=O) groups is 1. The molecule has 4 N–H and O–H groups in total. The minimum Gasteiger partial charge on any atom is -0.384 e. The minimum atomic E-state index is -0.276. The average molecular weight is 456 g/mol. The topological polar surface area (TPSA) is 85.5 Å². The van der Waals surface area contributed by atoms with Crippen LogP contribution in [0, 0.1) is 11.3 Å². The third kappa shape index (κ3) is 4.50. The lowest BCUT2D eigenvalue weighted by atomic mass is 9.97. The molecule has 0 aromatic heterocycles. The van der Waals surface area contributed by atoms with Crippen molar-refractivity contribution in [1.82, 2.24) is 10.2 Å². The van der Waals surface area contributed by atoms with Gasteiger partial charge in [-0.2, -0.15) is 0 Å². The van der Waals surface area contributed by atoms with Crippen LogP contribution in [0.1, 0.15) is 29.5 Å². The van der Waals surface area contributed by atoms with Gasteiger partial charge in [0.25, 0.3) is 0 Å². The molecule has 0 spiro atoms. The fourth-order valence-corrected chi connectivity index (χ4v) is 5.33. The summed E-state index contributed by atoms with van der Waals surface area (Å²) in [7, 11) is 2.16. The normalized spacial score (nSPS) is 18.7. The van der Waals surface area contributed by atoms with Crippen LogP contribution < -0.4 is 16.0 Å². The van der Waals surface area contributed by atoms with E-state index < -0.39 is 0 Å². The van der Waals surface area contributed by atoms with Crippen LogP contribution in [0.3, 0.4) is 0 Å². The van der Waals surface area contributed by atoms with Gasteiger partial charge in [0, 0.05) is 30.8 Å². The molecule has 3 aromatic rings. The summed E-state index contributed by atoms with van der Waals surface area (Å²) in [6.07, 6.45) is 2.92. The second-order valence-electron chi connectivity index (χ2n) is 9.74. The Bertz CT molecular complexity index is 1210. The number of nitrogen functional groups attached to an aromatic ring is 1. The van der Waals surface area contributed by atoms with Crippen LogP contribution in [0.4, 0.5) is 5.69 Å². The molecule has 1 atom stereocenters. The van der Waals surface area contributed by atoms with E-state index in [1.807, 2.05) is 18.2 Å². The number of anilines is 1. The van der Waals surface area contributed by atoms with E-state index in [-0.39, 0.29) is 17.8 Å². The Morgan fingerprint density at radius 3 is 2.65 bits per heavy atom. The molecule has 6 heteroatoms.